The smallest absolute Gasteiger partial charge is 0.146 e. The summed E-state index contributed by atoms with van der Waals surface area (Å²) in [5, 5.41) is 3.48. The molecule has 19 heavy (non-hydrogen) atoms. The molecule has 3 N–H and O–H groups in total. The molecule has 0 aliphatic heterocycles. The highest BCUT2D eigenvalue weighted by atomic mass is 35.5. The molecule has 0 bridgehead atoms. The summed E-state index contributed by atoms with van der Waals surface area (Å²) in [6.07, 6.45) is 0. The van der Waals surface area contributed by atoms with Gasteiger partial charge in [-0.3, -0.25) is 0 Å². The van der Waals surface area contributed by atoms with Crippen LogP contribution in [-0.4, -0.2) is 4.99 Å². The Labute approximate surface area is 121 Å². The van der Waals surface area contributed by atoms with Crippen LogP contribution in [0.5, 0.6) is 0 Å². The standard InChI is InChI=1S/C14H12ClFN2S/c1-8-6-9(14(17)19)2-5-12(8)18-13-7-10(15)3-4-11(13)16/h2-7,18H,1H3,(H2,17,19). The molecule has 0 aliphatic carbocycles. The van der Waals surface area contributed by atoms with Gasteiger partial charge in [-0.2, -0.15) is 0 Å². The van der Waals surface area contributed by atoms with Crippen molar-refractivity contribution in [3.8, 4) is 0 Å². The van der Waals surface area contributed by atoms with Crippen LogP contribution < -0.4 is 11.1 Å². The normalized spacial score (nSPS) is 10.3. The van der Waals surface area contributed by atoms with Crippen LogP contribution in [0.2, 0.25) is 5.02 Å². The third-order valence-electron chi connectivity index (χ3n) is 2.71. The van der Waals surface area contributed by atoms with Crippen molar-refractivity contribution in [2.24, 2.45) is 5.73 Å². The molecule has 0 amide bonds. The summed E-state index contributed by atoms with van der Waals surface area (Å²) >= 11 is 10.8. The van der Waals surface area contributed by atoms with E-state index in [1.165, 1.54) is 18.2 Å². The van der Waals surface area contributed by atoms with E-state index in [-0.39, 0.29) is 5.82 Å². The van der Waals surface area contributed by atoms with Gasteiger partial charge in [0.25, 0.3) is 0 Å². The van der Waals surface area contributed by atoms with E-state index in [4.69, 9.17) is 29.6 Å². The van der Waals surface area contributed by atoms with Crippen LogP contribution in [0.4, 0.5) is 15.8 Å². The topological polar surface area (TPSA) is 38.0 Å². The highest BCUT2D eigenvalue weighted by Gasteiger charge is 2.06. The number of hydrogen-bond donors (Lipinski definition) is 2. The molecule has 2 aromatic carbocycles. The van der Waals surface area contributed by atoms with Gasteiger partial charge in [0.1, 0.15) is 10.8 Å². The number of benzene rings is 2. The van der Waals surface area contributed by atoms with Crippen LogP contribution in [0.1, 0.15) is 11.1 Å². The summed E-state index contributed by atoms with van der Waals surface area (Å²) < 4.78 is 13.6. The van der Waals surface area contributed by atoms with Crippen LogP contribution in [-0.2, 0) is 0 Å². The van der Waals surface area contributed by atoms with Gasteiger partial charge in [-0.1, -0.05) is 23.8 Å². The lowest BCUT2D eigenvalue weighted by atomic mass is 10.1. The minimum Gasteiger partial charge on any atom is -0.389 e. The fraction of sp³-hybridized carbons (Fsp3) is 0.0714. The second-order valence-corrected chi connectivity index (χ2v) is 5.02. The van der Waals surface area contributed by atoms with Gasteiger partial charge in [0.2, 0.25) is 0 Å². The van der Waals surface area contributed by atoms with Gasteiger partial charge in [0.15, 0.2) is 0 Å². The zero-order valence-corrected chi connectivity index (χ0v) is 11.8. The van der Waals surface area contributed by atoms with Crippen molar-refractivity contribution in [1.82, 2.24) is 0 Å². The van der Waals surface area contributed by atoms with Gasteiger partial charge in [0.05, 0.1) is 5.69 Å². The maximum atomic E-state index is 13.6. The first kappa shape index (κ1) is 13.8. The lowest BCUT2D eigenvalue weighted by Gasteiger charge is -2.12. The van der Waals surface area contributed by atoms with Gasteiger partial charge in [-0.05, 0) is 48.9 Å². The van der Waals surface area contributed by atoms with Crippen molar-refractivity contribution < 1.29 is 4.39 Å². The Morgan fingerprint density at radius 3 is 2.58 bits per heavy atom. The zero-order chi connectivity index (χ0) is 14.0. The van der Waals surface area contributed by atoms with Crippen molar-refractivity contribution in [3.63, 3.8) is 0 Å². The highest BCUT2D eigenvalue weighted by molar-refractivity contribution is 7.80. The Balaban J connectivity index is 2.33. The van der Waals surface area contributed by atoms with E-state index in [1.54, 1.807) is 6.07 Å². The van der Waals surface area contributed by atoms with Crippen LogP contribution >= 0.6 is 23.8 Å². The molecule has 2 nitrogen and oxygen atoms in total. The predicted molar refractivity (Wildman–Crippen MR) is 81.8 cm³/mol. The molecule has 0 heterocycles. The molecular formula is C14H12ClFN2S. The maximum absolute atomic E-state index is 13.6. The second-order valence-electron chi connectivity index (χ2n) is 4.14. The molecule has 98 valence electrons. The number of rotatable bonds is 3. The van der Waals surface area contributed by atoms with Gasteiger partial charge in [-0.15, -0.1) is 0 Å². The molecule has 0 unspecified atom stereocenters. The fourth-order valence-electron chi connectivity index (χ4n) is 1.70. The molecule has 2 rings (SSSR count). The molecule has 0 spiro atoms. The number of nitrogens with two attached hydrogens (primary N) is 1. The van der Waals surface area contributed by atoms with E-state index in [0.29, 0.717) is 15.7 Å². The number of nitrogens with one attached hydrogen (secondary N) is 1. The third-order valence-corrected chi connectivity index (χ3v) is 3.18. The van der Waals surface area contributed by atoms with Crippen molar-refractivity contribution in [3.05, 3.63) is 58.4 Å². The van der Waals surface area contributed by atoms with Gasteiger partial charge in [-0.25, -0.2) is 4.39 Å². The Morgan fingerprint density at radius 1 is 1.21 bits per heavy atom. The van der Waals surface area contributed by atoms with Crippen LogP contribution in [0, 0.1) is 12.7 Å². The van der Waals surface area contributed by atoms with E-state index in [1.807, 2.05) is 19.1 Å². The molecule has 0 aromatic heterocycles. The van der Waals surface area contributed by atoms with Crippen LogP contribution in [0.15, 0.2) is 36.4 Å². The summed E-state index contributed by atoms with van der Waals surface area (Å²) in [5.74, 6) is -0.359. The third kappa shape index (κ3) is 3.22. The maximum Gasteiger partial charge on any atom is 0.146 e. The average molecular weight is 295 g/mol. The Kier molecular flexibility index (Phi) is 4.02. The van der Waals surface area contributed by atoms with E-state index in [2.05, 4.69) is 5.32 Å². The molecule has 0 fully saturated rings. The molecule has 2 aromatic rings. The van der Waals surface area contributed by atoms with Gasteiger partial charge >= 0.3 is 0 Å². The Morgan fingerprint density at radius 2 is 1.95 bits per heavy atom. The van der Waals surface area contributed by atoms with Crippen molar-refractivity contribution in [1.29, 1.82) is 0 Å². The zero-order valence-electron chi connectivity index (χ0n) is 10.2. The van der Waals surface area contributed by atoms with E-state index in [9.17, 15) is 4.39 Å². The minimum absolute atomic E-state index is 0.332. The lowest BCUT2D eigenvalue weighted by molar-refractivity contribution is 0.632. The number of anilines is 2. The predicted octanol–water partition coefficient (Wildman–Crippen LogP) is 4.17. The summed E-state index contributed by atoms with van der Waals surface area (Å²) in [6, 6.07) is 9.82. The number of thiocarbonyl (C=S) groups is 1. The molecule has 0 aliphatic rings. The molecule has 5 heteroatoms. The summed E-state index contributed by atoms with van der Waals surface area (Å²) in [5.41, 5.74) is 8.38. The minimum atomic E-state index is -0.359. The Hall–Kier alpha value is -1.65. The van der Waals surface area contributed by atoms with Crippen molar-refractivity contribution >= 4 is 40.2 Å². The summed E-state index contributed by atoms with van der Waals surface area (Å²) in [4.78, 5) is 0.337. The largest absolute Gasteiger partial charge is 0.389 e. The van der Waals surface area contributed by atoms with Gasteiger partial charge < -0.3 is 11.1 Å². The SMILES string of the molecule is Cc1cc(C(N)=S)ccc1Nc1cc(Cl)ccc1F. The first-order valence-electron chi connectivity index (χ1n) is 5.60. The average Bonchev–Trinajstić information content (AvgIpc) is 2.36. The fourth-order valence-corrected chi connectivity index (χ4v) is 1.99. The number of halogens is 2. The first-order chi connectivity index (χ1) is 8.97. The summed E-state index contributed by atoms with van der Waals surface area (Å²) in [7, 11) is 0. The van der Waals surface area contributed by atoms with E-state index >= 15 is 0 Å². The number of hydrogen-bond acceptors (Lipinski definition) is 2. The van der Waals surface area contributed by atoms with E-state index in [0.717, 1.165) is 16.8 Å². The monoisotopic (exact) mass is 294 g/mol. The molecule has 0 radical (unpaired) electrons. The highest BCUT2D eigenvalue weighted by Crippen LogP contribution is 2.26. The van der Waals surface area contributed by atoms with E-state index < -0.39 is 0 Å². The molecule has 0 saturated carbocycles. The molecular weight excluding hydrogens is 283 g/mol. The molecule has 0 saturated heterocycles. The first-order valence-corrected chi connectivity index (χ1v) is 6.38. The second kappa shape index (κ2) is 5.55. The lowest BCUT2D eigenvalue weighted by Crippen LogP contribution is -2.09. The van der Waals surface area contributed by atoms with Gasteiger partial charge in [0, 0.05) is 16.3 Å². The number of aryl methyl sites for hydroxylation is 1. The Bertz CT molecular complexity index is 643. The van der Waals surface area contributed by atoms with Crippen LogP contribution in [0.25, 0.3) is 0 Å². The van der Waals surface area contributed by atoms with Crippen molar-refractivity contribution in [2.45, 2.75) is 6.92 Å². The van der Waals surface area contributed by atoms with Crippen LogP contribution in [0.3, 0.4) is 0 Å². The summed E-state index contributed by atoms with van der Waals surface area (Å²) in [6.45, 7) is 1.90. The van der Waals surface area contributed by atoms with Crippen molar-refractivity contribution in [2.75, 3.05) is 5.32 Å². The molecule has 0 atom stereocenters. The quantitative estimate of drug-likeness (QED) is 0.835.